The summed E-state index contributed by atoms with van der Waals surface area (Å²) in [5.74, 6) is 0.927. The fourth-order valence-electron chi connectivity index (χ4n) is 2.28. The zero-order chi connectivity index (χ0) is 12.4. The number of ether oxygens (including phenoxy) is 1. The van der Waals surface area contributed by atoms with Crippen molar-refractivity contribution in [3.8, 4) is 5.75 Å². The van der Waals surface area contributed by atoms with Gasteiger partial charge in [0.05, 0.1) is 12.8 Å². The van der Waals surface area contributed by atoms with E-state index in [9.17, 15) is 0 Å². The Morgan fingerprint density at radius 2 is 2.44 bits per heavy atom. The molecule has 0 fully saturated rings. The Hall–Kier alpha value is -1.39. The van der Waals surface area contributed by atoms with Gasteiger partial charge in [-0.05, 0) is 17.7 Å². The monoisotopic (exact) mass is 259 g/mol. The number of fused-ring (bicyclic) bond motifs is 1. The smallest absolute Gasteiger partial charge is 0.152 e. The normalized spacial score (nSPS) is 15.4. The summed E-state index contributed by atoms with van der Waals surface area (Å²) < 4.78 is 5.26. The molecule has 0 saturated heterocycles. The van der Waals surface area contributed by atoms with E-state index in [1.807, 2.05) is 12.1 Å². The van der Waals surface area contributed by atoms with Crippen molar-refractivity contribution in [3.05, 3.63) is 45.9 Å². The lowest BCUT2D eigenvalue weighted by Crippen LogP contribution is -2.29. The van der Waals surface area contributed by atoms with Crippen molar-refractivity contribution >= 4 is 11.3 Å². The first-order valence-electron chi connectivity index (χ1n) is 6.05. The lowest BCUT2D eigenvalue weighted by molar-refractivity contribution is 0.247. The molecule has 1 aromatic heterocycles. The molecule has 2 aromatic rings. The van der Waals surface area contributed by atoms with E-state index in [1.165, 1.54) is 16.1 Å². The van der Waals surface area contributed by atoms with E-state index in [1.54, 1.807) is 18.4 Å². The van der Waals surface area contributed by atoms with Gasteiger partial charge in [-0.1, -0.05) is 12.1 Å². The Bertz CT molecular complexity index is 538. The zero-order valence-corrected chi connectivity index (χ0v) is 11.2. The first kappa shape index (κ1) is 11.7. The second-order valence-corrected chi connectivity index (χ2v) is 5.37. The molecular formula is C14H15N2OS. The molecule has 0 saturated carbocycles. The molecule has 1 aromatic carbocycles. The van der Waals surface area contributed by atoms with Crippen LogP contribution in [0.25, 0.3) is 0 Å². The maximum absolute atomic E-state index is 5.26. The average Bonchev–Trinajstić information content (AvgIpc) is 2.86. The molecule has 0 N–H and O–H groups in total. The molecule has 2 heterocycles. The molecule has 0 unspecified atom stereocenters. The highest BCUT2D eigenvalue weighted by atomic mass is 32.1. The van der Waals surface area contributed by atoms with Crippen LogP contribution in [0.1, 0.15) is 16.1 Å². The number of nitrogens with zero attached hydrogens (tertiary/aromatic N) is 2. The van der Waals surface area contributed by atoms with E-state index in [2.05, 4.69) is 27.5 Å². The van der Waals surface area contributed by atoms with Gasteiger partial charge in [-0.25, -0.2) is 4.98 Å². The fraction of sp³-hybridized carbons (Fsp3) is 0.357. The van der Waals surface area contributed by atoms with Gasteiger partial charge in [0.2, 0.25) is 0 Å². The molecule has 0 amide bonds. The van der Waals surface area contributed by atoms with E-state index < -0.39 is 0 Å². The van der Waals surface area contributed by atoms with Crippen molar-refractivity contribution in [1.29, 1.82) is 0 Å². The number of hydrogen-bond donors (Lipinski definition) is 0. The van der Waals surface area contributed by atoms with E-state index >= 15 is 0 Å². The first-order valence-corrected chi connectivity index (χ1v) is 6.87. The highest BCUT2D eigenvalue weighted by Gasteiger charge is 2.18. The average molecular weight is 259 g/mol. The summed E-state index contributed by atoms with van der Waals surface area (Å²) in [6, 6.07) is 8.28. The highest BCUT2D eigenvalue weighted by Crippen LogP contribution is 2.23. The van der Waals surface area contributed by atoms with Gasteiger partial charge in [-0.2, -0.15) is 0 Å². The lowest BCUT2D eigenvalue weighted by atomic mass is 10.1. The van der Waals surface area contributed by atoms with Crippen LogP contribution >= 0.6 is 11.3 Å². The number of hydrogen-bond acceptors (Lipinski definition) is 4. The van der Waals surface area contributed by atoms with Crippen molar-refractivity contribution in [2.45, 2.75) is 19.5 Å². The van der Waals surface area contributed by atoms with Crippen LogP contribution in [0.3, 0.4) is 0 Å². The molecule has 3 rings (SSSR count). The highest BCUT2D eigenvalue weighted by molar-refractivity contribution is 7.09. The van der Waals surface area contributed by atoms with Crippen LogP contribution in [0.4, 0.5) is 0 Å². The summed E-state index contributed by atoms with van der Waals surface area (Å²) in [5, 5.41) is 0. The van der Waals surface area contributed by atoms with Gasteiger partial charge in [0, 0.05) is 30.9 Å². The van der Waals surface area contributed by atoms with Gasteiger partial charge in [0.15, 0.2) is 5.51 Å². The minimum atomic E-state index is 0.927. The minimum Gasteiger partial charge on any atom is -0.497 e. The summed E-state index contributed by atoms with van der Waals surface area (Å²) in [7, 11) is 1.71. The molecule has 3 nitrogen and oxygen atoms in total. The van der Waals surface area contributed by atoms with E-state index in [0.29, 0.717) is 0 Å². The Morgan fingerprint density at radius 1 is 1.50 bits per heavy atom. The SMILES string of the molecule is COc1cccc(CN2CCc3n[c]sc3C2)c1. The molecule has 4 heteroatoms. The molecule has 1 aliphatic rings. The molecule has 1 radical (unpaired) electrons. The number of thiazole rings is 1. The standard InChI is InChI=1S/C14H15N2OS/c1-17-12-4-2-3-11(7-12)8-16-6-5-13-14(9-16)18-10-15-13/h2-4,7H,5-6,8-9H2,1H3. The van der Waals surface area contributed by atoms with Crippen LogP contribution < -0.4 is 4.74 Å². The number of aromatic nitrogens is 1. The van der Waals surface area contributed by atoms with Gasteiger partial charge in [-0.15, -0.1) is 11.3 Å². The molecule has 18 heavy (non-hydrogen) atoms. The quantitative estimate of drug-likeness (QED) is 0.847. The Labute approximate surface area is 111 Å². The van der Waals surface area contributed by atoms with Crippen molar-refractivity contribution in [2.24, 2.45) is 0 Å². The molecule has 0 bridgehead atoms. The number of benzene rings is 1. The molecule has 1 aliphatic heterocycles. The number of methoxy groups -OCH3 is 1. The van der Waals surface area contributed by atoms with Crippen molar-refractivity contribution in [2.75, 3.05) is 13.7 Å². The number of rotatable bonds is 3. The van der Waals surface area contributed by atoms with Crippen LogP contribution in [-0.2, 0) is 19.5 Å². The lowest BCUT2D eigenvalue weighted by Gasteiger charge is -2.26. The van der Waals surface area contributed by atoms with E-state index in [4.69, 9.17) is 4.74 Å². The van der Waals surface area contributed by atoms with Crippen LogP contribution in [0.2, 0.25) is 0 Å². The van der Waals surface area contributed by atoms with Gasteiger partial charge >= 0.3 is 0 Å². The van der Waals surface area contributed by atoms with Crippen molar-refractivity contribution < 1.29 is 4.74 Å². The topological polar surface area (TPSA) is 25.4 Å². The third-order valence-corrected chi connectivity index (χ3v) is 4.04. The second kappa shape index (κ2) is 5.08. The van der Waals surface area contributed by atoms with Crippen LogP contribution in [0.15, 0.2) is 24.3 Å². The Balaban J connectivity index is 1.70. The van der Waals surface area contributed by atoms with E-state index in [0.717, 1.165) is 31.8 Å². The van der Waals surface area contributed by atoms with Gasteiger partial charge in [-0.3, -0.25) is 4.90 Å². The maximum atomic E-state index is 5.26. The second-order valence-electron chi connectivity index (χ2n) is 4.49. The summed E-state index contributed by atoms with van der Waals surface area (Å²) in [6.45, 7) is 3.03. The summed E-state index contributed by atoms with van der Waals surface area (Å²) in [6.07, 6.45) is 1.04. The molecule has 0 atom stereocenters. The molecule has 93 valence electrons. The van der Waals surface area contributed by atoms with Crippen molar-refractivity contribution in [1.82, 2.24) is 9.88 Å². The van der Waals surface area contributed by atoms with E-state index in [-0.39, 0.29) is 0 Å². The van der Waals surface area contributed by atoms with Crippen LogP contribution in [-0.4, -0.2) is 23.5 Å². The third-order valence-electron chi connectivity index (χ3n) is 3.24. The Kier molecular flexibility index (Phi) is 3.30. The minimum absolute atomic E-state index is 0.927. The summed E-state index contributed by atoms with van der Waals surface area (Å²) in [4.78, 5) is 8.08. The molecule has 0 aliphatic carbocycles. The largest absolute Gasteiger partial charge is 0.497 e. The summed E-state index contributed by atoms with van der Waals surface area (Å²) in [5.41, 5.74) is 5.52. The van der Waals surface area contributed by atoms with Gasteiger partial charge in [0.1, 0.15) is 5.75 Å². The van der Waals surface area contributed by atoms with Gasteiger partial charge < -0.3 is 4.74 Å². The summed E-state index contributed by atoms with van der Waals surface area (Å²) >= 11 is 1.64. The zero-order valence-electron chi connectivity index (χ0n) is 10.3. The van der Waals surface area contributed by atoms with Crippen LogP contribution in [0.5, 0.6) is 5.75 Å². The maximum Gasteiger partial charge on any atom is 0.152 e. The predicted octanol–water partition coefficient (Wildman–Crippen LogP) is 2.51. The molecular weight excluding hydrogens is 244 g/mol. The first-order chi connectivity index (χ1) is 8.85. The fourth-order valence-corrected chi connectivity index (χ4v) is 3.06. The van der Waals surface area contributed by atoms with Crippen molar-refractivity contribution in [3.63, 3.8) is 0 Å². The predicted molar refractivity (Wildman–Crippen MR) is 71.8 cm³/mol. The molecule has 0 spiro atoms. The Morgan fingerprint density at radius 3 is 3.33 bits per heavy atom. The van der Waals surface area contributed by atoms with Crippen LogP contribution in [0, 0.1) is 5.51 Å². The third kappa shape index (κ3) is 2.40. The van der Waals surface area contributed by atoms with Gasteiger partial charge in [0.25, 0.3) is 0 Å².